The monoisotopic (exact) mass is 280 g/mol. The minimum atomic E-state index is -0.0152. The van der Waals surface area contributed by atoms with Crippen LogP contribution in [0.5, 0.6) is 0 Å². The van der Waals surface area contributed by atoms with Crippen molar-refractivity contribution in [3.05, 3.63) is 0 Å². The zero-order valence-corrected chi connectivity index (χ0v) is 13.7. The fraction of sp³-hybridized carbons (Fsp3) is 1.00. The Bertz CT molecular complexity index is 349. The van der Waals surface area contributed by atoms with E-state index in [0.717, 1.165) is 6.04 Å². The molecule has 3 heteroatoms. The van der Waals surface area contributed by atoms with Crippen LogP contribution in [-0.4, -0.2) is 47.3 Å². The van der Waals surface area contributed by atoms with E-state index in [2.05, 4.69) is 37.9 Å². The largest absolute Gasteiger partial charge is 0.368 e. The molecular formula is C17H32N2O. The molecule has 3 aliphatic rings. The number of ether oxygens (including phenoxy) is 1. The van der Waals surface area contributed by atoms with Crippen LogP contribution in [0.2, 0.25) is 0 Å². The summed E-state index contributed by atoms with van der Waals surface area (Å²) in [4.78, 5) is 2.77. The molecule has 0 bridgehead atoms. The van der Waals surface area contributed by atoms with E-state index in [-0.39, 0.29) is 11.2 Å². The molecule has 2 saturated heterocycles. The molecule has 3 fully saturated rings. The van der Waals surface area contributed by atoms with Crippen LogP contribution in [0.25, 0.3) is 0 Å². The Labute approximate surface area is 124 Å². The highest BCUT2D eigenvalue weighted by Gasteiger charge is 2.49. The van der Waals surface area contributed by atoms with Gasteiger partial charge in [-0.25, -0.2) is 0 Å². The standard InChI is InChI=1S/C17H32N2O/c1-16(2)11-15(17(3,4)20-16)19-10-6-5-7-14(19)12-18-13-8-9-13/h13-15,18H,5-12H2,1-4H3. The molecule has 116 valence electrons. The molecule has 2 aliphatic heterocycles. The molecule has 2 heterocycles. The van der Waals surface area contributed by atoms with Crippen molar-refractivity contribution in [2.24, 2.45) is 0 Å². The first-order chi connectivity index (χ1) is 9.37. The molecule has 3 rings (SSSR count). The average Bonchev–Trinajstić information content (AvgIpc) is 3.13. The van der Waals surface area contributed by atoms with E-state index >= 15 is 0 Å². The Kier molecular flexibility index (Phi) is 3.89. The summed E-state index contributed by atoms with van der Waals surface area (Å²) in [6.45, 7) is 11.5. The predicted octanol–water partition coefficient (Wildman–Crippen LogP) is 2.94. The summed E-state index contributed by atoms with van der Waals surface area (Å²) in [7, 11) is 0. The van der Waals surface area contributed by atoms with Crippen molar-refractivity contribution in [2.75, 3.05) is 13.1 Å². The van der Waals surface area contributed by atoms with E-state index < -0.39 is 0 Å². The Morgan fingerprint density at radius 1 is 1.10 bits per heavy atom. The first-order valence-electron chi connectivity index (χ1n) is 8.57. The van der Waals surface area contributed by atoms with Gasteiger partial charge in [-0.15, -0.1) is 0 Å². The number of nitrogens with zero attached hydrogens (tertiary/aromatic N) is 1. The summed E-state index contributed by atoms with van der Waals surface area (Å²) in [5.41, 5.74) is 0.0127. The summed E-state index contributed by atoms with van der Waals surface area (Å²) >= 11 is 0. The summed E-state index contributed by atoms with van der Waals surface area (Å²) in [6.07, 6.45) is 8.04. The fourth-order valence-electron chi connectivity index (χ4n) is 4.29. The van der Waals surface area contributed by atoms with E-state index in [1.807, 2.05) is 0 Å². The summed E-state index contributed by atoms with van der Waals surface area (Å²) < 4.78 is 6.33. The number of likely N-dealkylation sites (tertiary alicyclic amines) is 1. The molecule has 2 atom stereocenters. The lowest BCUT2D eigenvalue weighted by molar-refractivity contribution is -0.0865. The second-order valence-electron chi connectivity index (χ2n) is 8.26. The molecule has 0 spiro atoms. The van der Waals surface area contributed by atoms with Crippen LogP contribution in [-0.2, 0) is 4.74 Å². The maximum absolute atomic E-state index is 6.33. The fourth-order valence-corrected chi connectivity index (χ4v) is 4.29. The highest BCUT2D eigenvalue weighted by molar-refractivity contribution is 5.02. The Hall–Kier alpha value is -0.120. The van der Waals surface area contributed by atoms with Gasteiger partial charge >= 0.3 is 0 Å². The van der Waals surface area contributed by atoms with E-state index in [0.29, 0.717) is 12.1 Å². The van der Waals surface area contributed by atoms with Crippen molar-refractivity contribution in [3.8, 4) is 0 Å². The van der Waals surface area contributed by atoms with Gasteiger partial charge in [-0.1, -0.05) is 6.42 Å². The smallest absolute Gasteiger partial charge is 0.0789 e. The maximum atomic E-state index is 6.33. The number of hydrogen-bond donors (Lipinski definition) is 1. The minimum Gasteiger partial charge on any atom is -0.368 e. The quantitative estimate of drug-likeness (QED) is 0.857. The first-order valence-corrected chi connectivity index (χ1v) is 8.57. The molecule has 3 nitrogen and oxygen atoms in total. The van der Waals surface area contributed by atoms with Gasteiger partial charge < -0.3 is 10.1 Å². The minimum absolute atomic E-state index is 0.0152. The molecule has 0 aromatic heterocycles. The van der Waals surface area contributed by atoms with Gasteiger partial charge in [-0.05, 0) is 66.3 Å². The topological polar surface area (TPSA) is 24.5 Å². The summed E-state index contributed by atoms with van der Waals surface area (Å²) in [5.74, 6) is 0. The molecule has 20 heavy (non-hydrogen) atoms. The first kappa shape index (κ1) is 14.8. The summed E-state index contributed by atoms with van der Waals surface area (Å²) in [5, 5.41) is 3.75. The molecule has 0 aromatic carbocycles. The Morgan fingerprint density at radius 2 is 1.85 bits per heavy atom. The van der Waals surface area contributed by atoms with Crippen molar-refractivity contribution < 1.29 is 4.74 Å². The maximum Gasteiger partial charge on any atom is 0.0789 e. The van der Waals surface area contributed by atoms with E-state index in [4.69, 9.17) is 4.74 Å². The molecule has 0 amide bonds. The van der Waals surface area contributed by atoms with E-state index in [1.165, 1.54) is 51.6 Å². The molecule has 1 N–H and O–H groups in total. The molecule has 1 aliphatic carbocycles. The number of rotatable bonds is 4. The van der Waals surface area contributed by atoms with Crippen LogP contribution in [0.3, 0.4) is 0 Å². The third kappa shape index (κ3) is 3.20. The third-order valence-electron chi connectivity index (χ3n) is 5.32. The molecule has 0 aromatic rings. The molecule has 2 unspecified atom stereocenters. The lowest BCUT2D eigenvalue weighted by Crippen LogP contribution is -2.55. The van der Waals surface area contributed by atoms with Crippen molar-refractivity contribution in [1.82, 2.24) is 10.2 Å². The molecular weight excluding hydrogens is 248 g/mol. The van der Waals surface area contributed by atoms with E-state index in [9.17, 15) is 0 Å². The van der Waals surface area contributed by atoms with Crippen molar-refractivity contribution in [3.63, 3.8) is 0 Å². The second-order valence-corrected chi connectivity index (χ2v) is 8.26. The number of piperidine rings is 1. The van der Waals surface area contributed by atoms with Crippen LogP contribution < -0.4 is 5.32 Å². The third-order valence-corrected chi connectivity index (χ3v) is 5.32. The van der Waals surface area contributed by atoms with Gasteiger partial charge in [0.25, 0.3) is 0 Å². The van der Waals surface area contributed by atoms with Crippen LogP contribution >= 0.6 is 0 Å². The zero-order valence-electron chi connectivity index (χ0n) is 13.7. The zero-order chi connectivity index (χ0) is 14.4. The lowest BCUT2D eigenvalue weighted by atomic mass is 9.89. The molecule has 1 saturated carbocycles. The molecule has 0 radical (unpaired) electrons. The number of hydrogen-bond acceptors (Lipinski definition) is 3. The van der Waals surface area contributed by atoms with Gasteiger partial charge in [-0.2, -0.15) is 0 Å². The highest BCUT2D eigenvalue weighted by atomic mass is 16.5. The SMILES string of the molecule is CC1(C)CC(N2CCCCC2CNC2CC2)C(C)(C)O1. The second kappa shape index (κ2) is 5.26. The highest BCUT2D eigenvalue weighted by Crippen LogP contribution is 2.42. The normalized spacial score (nSPS) is 37.2. The van der Waals surface area contributed by atoms with Crippen LogP contribution in [0.1, 0.15) is 66.2 Å². The van der Waals surface area contributed by atoms with Crippen LogP contribution in [0.4, 0.5) is 0 Å². The van der Waals surface area contributed by atoms with Crippen molar-refractivity contribution >= 4 is 0 Å². The van der Waals surface area contributed by atoms with Crippen molar-refractivity contribution in [1.29, 1.82) is 0 Å². The lowest BCUT2D eigenvalue weighted by Gasteiger charge is -2.44. The van der Waals surface area contributed by atoms with Gasteiger partial charge in [0, 0.05) is 24.7 Å². The summed E-state index contributed by atoms with van der Waals surface area (Å²) in [6, 6.07) is 2.11. The van der Waals surface area contributed by atoms with Crippen LogP contribution in [0.15, 0.2) is 0 Å². The van der Waals surface area contributed by atoms with Crippen molar-refractivity contribution in [2.45, 2.75) is 95.5 Å². The Morgan fingerprint density at radius 3 is 2.45 bits per heavy atom. The Balaban J connectivity index is 1.68. The van der Waals surface area contributed by atoms with Gasteiger partial charge in [0.05, 0.1) is 11.2 Å². The van der Waals surface area contributed by atoms with Gasteiger partial charge in [-0.3, -0.25) is 4.90 Å². The van der Waals surface area contributed by atoms with Gasteiger partial charge in [0.15, 0.2) is 0 Å². The predicted molar refractivity (Wildman–Crippen MR) is 83.0 cm³/mol. The van der Waals surface area contributed by atoms with E-state index in [1.54, 1.807) is 0 Å². The average molecular weight is 280 g/mol. The van der Waals surface area contributed by atoms with Crippen LogP contribution in [0, 0.1) is 0 Å². The number of nitrogens with one attached hydrogen (secondary N) is 1. The van der Waals surface area contributed by atoms with Gasteiger partial charge in [0.2, 0.25) is 0 Å². The van der Waals surface area contributed by atoms with Gasteiger partial charge in [0.1, 0.15) is 0 Å².